The van der Waals surface area contributed by atoms with E-state index in [2.05, 4.69) is 46.2 Å². The maximum atomic E-state index is 12.6. The van der Waals surface area contributed by atoms with Crippen LogP contribution in [0, 0.1) is 0 Å². The molecule has 5 nitrogen and oxygen atoms in total. The minimum absolute atomic E-state index is 0.266. The van der Waals surface area contributed by atoms with Crippen molar-refractivity contribution >= 4 is 11.6 Å². The first-order chi connectivity index (χ1) is 11.6. The lowest BCUT2D eigenvalue weighted by molar-refractivity contribution is -0.131. The van der Waals surface area contributed by atoms with Gasteiger partial charge in [0.1, 0.15) is 0 Å². The molecule has 3 rings (SSSR count). The summed E-state index contributed by atoms with van der Waals surface area (Å²) in [5.41, 5.74) is 2.33. The summed E-state index contributed by atoms with van der Waals surface area (Å²) < 4.78 is 1.79. The summed E-state index contributed by atoms with van der Waals surface area (Å²) in [6.45, 7) is 1.78. The van der Waals surface area contributed by atoms with Gasteiger partial charge in [-0.3, -0.25) is 9.48 Å². The number of amides is 1. The highest BCUT2D eigenvalue weighted by Crippen LogP contribution is 2.22. The van der Waals surface area contributed by atoms with Crippen LogP contribution in [0.4, 0.5) is 5.69 Å². The normalized spacial score (nSPS) is 17.2. The molecule has 0 N–H and O–H groups in total. The van der Waals surface area contributed by atoms with Gasteiger partial charge in [0.15, 0.2) is 0 Å². The van der Waals surface area contributed by atoms with Crippen molar-refractivity contribution in [3.8, 4) is 0 Å². The van der Waals surface area contributed by atoms with Crippen LogP contribution in [0.5, 0.6) is 0 Å². The van der Waals surface area contributed by atoms with E-state index in [1.54, 1.807) is 4.68 Å². The predicted molar refractivity (Wildman–Crippen MR) is 96.0 cm³/mol. The van der Waals surface area contributed by atoms with Crippen LogP contribution in [-0.4, -0.2) is 46.8 Å². The van der Waals surface area contributed by atoms with Gasteiger partial charge in [0, 0.05) is 51.5 Å². The number of likely N-dealkylation sites (N-methyl/N-ethyl adjacent to an activating group) is 1. The zero-order valence-corrected chi connectivity index (χ0v) is 14.6. The molecule has 128 valence electrons. The van der Waals surface area contributed by atoms with Crippen LogP contribution < -0.4 is 4.90 Å². The molecule has 0 saturated carbocycles. The van der Waals surface area contributed by atoms with Crippen LogP contribution in [0.2, 0.25) is 0 Å². The lowest BCUT2D eigenvalue weighted by Gasteiger charge is -2.30. The van der Waals surface area contributed by atoms with Gasteiger partial charge in [0.25, 0.3) is 0 Å². The first-order valence-corrected chi connectivity index (χ1v) is 8.66. The van der Waals surface area contributed by atoms with Gasteiger partial charge in [-0.2, -0.15) is 5.10 Å². The van der Waals surface area contributed by atoms with Gasteiger partial charge < -0.3 is 9.80 Å². The fourth-order valence-corrected chi connectivity index (χ4v) is 3.45. The van der Waals surface area contributed by atoms with Crippen molar-refractivity contribution < 1.29 is 4.79 Å². The number of anilines is 1. The van der Waals surface area contributed by atoms with Crippen LogP contribution >= 0.6 is 0 Å². The summed E-state index contributed by atoms with van der Waals surface area (Å²) in [6, 6.07) is 10.7. The number of carbonyl (C=O) groups excluding carboxylic acids is 1. The van der Waals surface area contributed by atoms with Gasteiger partial charge in [-0.15, -0.1) is 0 Å². The number of hydrogen-bond donors (Lipinski definition) is 0. The average Bonchev–Trinajstić information content (AvgIpc) is 3.22. The average molecular weight is 326 g/mol. The number of nitrogens with zero attached hydrogens (tertiary/aromatic N) is 4. The molecule has 1 aliphatic rings. The molecule has 1 saturated heterocycles. The standard InChI is InChI=1S/C19H26N4O/c1-21(17-7-4-3-5-8-17)15-18-9-6-12-23(18)19(24)11-10-16-13-20-22(2)14-16/h3-5,7-8,13-14,18H,6,9-12,15H2,1-2H3/t18-/m1/s1. The largest absolute Gasteiger partial charge is 0.373 e. The van der Waals surface area contributed by atoms with Crippen molar-refractivity contribution in [3.63, 3.8) is 0 Å². The molecule has 1 atom stereocenters. The molecule has 24 heavy (non-hydrogen) atoms. The second kappa shape index (κ2) is 7.51. The van der Waals surface area contributed by atoms with Gasteiger partial charge in [-0.05, 0) is 37.0 Å². The lowest BCUT2D eigenvalue weighted by atomic mass is 10.1. The Labute approximate surface area is 143 Å². The fourth-order valence-electron chi connectivity index (χ4n) is 3.45. The number of para-hydroxylation sites is 1. The van der Waals surface area contributed by atoms with E-state index >= 15 is 0 Å². The van der Waals surface area contributed by atoms with Crippen molar-refractivity contribution in [1.29, 1.82) is 0 Å². The van der Waals surface area contributed by atoms with Crippen molar-refractivity contribution in [2.75, 3.05) is 25.0 Å². The molecule has 0 bridgehead atoms. The summed E-state index contributed by atoms with van der Waals surface area (Å²) in [7, 11) is 4.01. The Hall–Kier alpha value is -2.30. The maximum absolute atomic E-state index is 12.6. The Balaban J connectivity index is 1.55. The van der Waals surface area contributed by atoms with Crippen molar-refractivity contribution in [2.24, 2.45) is 7.05 Å². The number of carbonyl (C=O) groups is 1. The molecule has 0 aliphatic carbocycles. The van der Waals surface area contributed by atoms with Gasteiger partial charge in [0.05, 0.1) is 6.20 Å². The summed E-state index contributed by atoms with van der Waals surface area (Å²) in [5.74, 6) is 0.266. The van der Waals surface area contributed by atoms with E-state index in [-0.39, 0.29) is 5.91 Å². The van der Waals surface area contributed by atoms with E-state index in [9.17, 15) is 4.79 Å². The monoisotopic (exact) mass is 326 g/mol. The number of hydrogen-bond acceptors (Lipinski definition) is 3. The molecule has 0 spiro atoms. The van der Waals surface area contributed by atoms with Crippen molar-refractivity contribution in [3.05, 3.63) is 48.3 Å². The topological polar surface area (TPSA) is 41.4 Å². The third-order valence-electron chi connectivity index (χ3n) is 4.76. The highest BCUT2D eigenvalue weighted by molar-refractivity contribution is 5.77. The van der Waals surface area contributed by atoms with Crippen LogP contribution in [0.1, 0.15) is 24.8 Å². The summed E-state index contributed by atoms with van der Waals surface area (Å²) in [6.07, 6.45) is 7.36. The highest BCUT2D eigenvalue weighted by atomic mass is 16.2. The van der Waals surface area contributed by atoms with Gasteiger partial charge in [0.2, 0.25) is 5.91 Å². The first-order valence-electron chi connectivity index (χ1n) is 8.66. The second-order valence-corrected chi connectivity index (χ2v) is 6.62. The first kappa shape index (κ1) is 16.6. The van der Waals surface area contributed by atoms with Crippen molar-refractivity contribution in [1.82, 2.24) is 14.7 Å². The van der Waals surface area contributed by atoms with Crippen LogP contribution in [-0.2, 0) is 18.3 Å². The smallest absolute Gasteiger partial charge is 0.223 e. The zero-order valence-electron chi connectivity index (χ0n) is 14.6. The van der Waals surface area contributed by atoms with Crippen LogP contribution in [0.3, 0.4) is 0 Å². The van der Waals surface area contributed by atoms with Gasteiger partial charge in [-0.1, -0.05) is 18.2 Å². The van der Waals surface area contributed by atoms with E-state index in [4.69, 9.17) is 0 Å². The maximum Gasteiger partial charge on any atom is 0.223 e. The van der Waals surface area contributed by atoms with Crippen LogP contribution in [0.15, 0.2) is 42.7 Å². The Morgan fingerprint density at radius 1 is 1.33 bits per heavy atom. The van der Waals surface area contributed by atoms with E-state index in [1.165, 1.54) is 5.69 Å². The SMILES string of the molecule is CN(C[C@H]1CCCN1C(=O)CCc1cnn(C)c1)c1ccccc1. The molecular formula is C19H26N4O. The summed E-state index contributed by atoms with van der Waals surface area (Å²) in [5, 5.41) is 4.17. The summed E-state index contributed by atoms with van der Waals surface area (Å²) >= 11 is 0. The Bertz CT molecular complexity index is 667. The molecule has 0 radical (unpaired) electrons. The van der Waals surface area contributed by atoms with E-state index in [0.717, 1.165) is 37.9 Å². The molecule has 1 fully saturated rings. The molecule has 2 heterocycles. The molecular weight excluding hydrogens is 300 g/mol. The minimum Gasteiger partial charge on any atom is -0.373 e. The Morgan fingerprint density at radius 3 is 2.83 bits per heavy atom. The van der Waals surface area contributed by atoms with Gasteiger partial charge in [-0.25, -0.2) is 0 Å². The molecule has 1 amide bonds. The third kappa shape index (κ3) is 3.96. The summed E-state index contributed by atoms with van der Waals surface area (Å²) in [4.78, 5) is 17.0. The predicted octanol–water partition coefficient (Wildman–Crippen LogP) is 2.48. The molecule has 5 heteroatoms. The van der Waals surface area contributed by atoms with E-state index in [1.807, 2.05) is 25.5 Å². The van der Waals surface area contributed by atoms with Gasteiger partial charge >= 0.3 is 0 Å². The minimum atomic E-state index is 0.266. The zero-order chi connectivity index (χ0) is 16.9. The molecule has 1 aromatic heterocycles. The molecule has 0 unspecified atom stereocenters. The molecule has 1 aliphatic heterocycles. The highest BCUT2D eigenvalue weighted by Gasteiger charge is 2.29. The number of likely N-dealkylation sites (tertiary alicyclic amines) is 1. The van der Waals surface area contributed by atoms with E-state index < -0.39 is 0 Å². The quantitative estimate of drug-likeness (QED) is 0.819. The van der Waals surface area contributed by atoms with Crippen LogP contribution in [0.25, 0.3) is 0 Å². The number of benzene rings is 1. The Morgan fingerprint density at radius 2 is 2.12 bits per heavy atom. The second-order valence-electron chi connectivity index (χ2n) is 6.62. The van der Waals surface area contributed by atoms with Crippen molar-refractivity contribution in [2.45, 2.75) is 31.7 Å². The fraction of sp³-hybridized carbons (Fsp3) is 0.474. The lowest BCUT2D eigenvalue weighted by Crippen LogP contribution is -2.42. The molecule has 1 aromatic carbocycles. The van der Waals surface area contributed by atoms with E-state index in [0.29, 0.717) is 12.5 Å². The number of aryl methyl sites for hydroxylation is 2. The molecule has 2 aromatic rings. The number of aromatic nitrogens is 2. The number of rotatable bonds is 6. The third-order valence-corrected chi connectivity index (χ3v) is 4.76. The Kier molecular flexibility index (Phi) is 5.18.